The number of nitrogens with two attached hydrogens (primary N) is 1. The summed E-state index contributed by atoms with van der Waals surface area (Å²) in [7, 11) is -1.56. The maximum absolute atomic E-state index is 13.2. The molecule has 5 nitrogen and oxygen atoms in total. The molecule has 0 saturated carbocycles. The molecule has 24 heavy (non-hydrogen) atoms. The number of aromatic nitrogens is 1. The summed E-state index contributed by atoms with van der Waals surface area (Å²) in [4.78, 5) is 0.454. The van der Waals surface area contributed by atoms with Crippen molar-refractivity contribution >= 4 is 33.3 Å². The highest BCUT2D eigenvalue weighted by Crippen LogP contribution is 2.33. The van der Waals surface area contributed by atoms with E-state index in [-0.39, 0.29) is 18.4 Å². The number of piperidine rings is 1. The van der Waals surface area contributed by atoms with Gasteiger partial charge in [0.25, 0.3) is 0 Å². The van der Waals surface area contributed by atoms with Gasteiger partial charge in [-0.2, -0.15) is 4.31 Å². The van der Waals surface area contributed by atoms with Crippen LogP contribution in [0.2, 0.25) is 0 Å². The normalized spacial score (nSPS) is 18.5. The first-order valence-corrected chi connectivity index (χ1v) is 9.57. The number of para-hydroxylation sites is 1. The molecule has 2 N–H and O–H groups in total. The Balaban J connectivity index is 0.00000208. The number of halogens is 1. The van der Waals surface area contributed by atoms with Gasteiger partial charge in [-0.3, -0.25) is 0 Å². The molecule has 134 valence electrons. The van der Waals surface area contributed by atoms with Crippen LogP contribution in [0.1, 0.15) is 25.5 Å². The van der Waals surface area contributed by atoms with Gasteiger partial charge in [-0.1, -0.05) is 18.2 Å². The molecule has 1 unspecified atom stereocenters. The lowest BCUT2D eigenvalue weighted by Gasteiger charge is -2.33. The molecule has 1 fully saturated rings. The molecule has 2 heterocycles. The van der Waals surface area contributed by atoms with E-state index < -0.39 is 10.0 Å². The molecule has 2 aromatic rings. The van der Waals surface area contributed by atoms with Crippen molar-refractivity contribution < 1.29 is 8.42 Å². The van der Waals surface area contributed by atoms with Gasteiger partial charge in [-0.25, -0.2) is 8.42 Å². The Hall–Kier alpha value is -1.08. The van der Waals surface area contributed by atoms with Crippen LogP contribution in [0.15, 0.2) is 29.2 Å². The highest BCUT2D eigenvalue weighted by Gasteiger charge is 2.33. The third-order valence-electron chi connectivity index (χ3n) is 5.18. The Morgan fingerprint density at radius 1 is 1.21 bits per heavy atom. The highest BCUT2D eigenvalue weighted by molar-refractivity contribution is 7.89. The second-order valence-corrected chi connectivity index (χ2v) is 8.47. The van der Waals surface area contributed by atoms with Crippen molar-refractivity contribution in [2.75, 3.05) is 13.1 Å². The van der Waals surface area contributed by atoms with Crippen LogP contribution in [-0.4, -0.2) is 36.4 Å². The van der Waals surface area contributed by atoms with Crippen LogP contribution in [0.5, 0.6) is 0 Å². The molecule has 1 saturated heterocycles. The van der Waals surface area contributed by atoms with Crippen LogP contribution in [0, 0.1) is 12.8 Å². The van der Waals surface area contributed by atoms with E-state index in [0.29, 0.717) is 23.9 Å². The molecule has 7 heteroatoms. The monoisotopic (exact) mass is 371 g/mol. The van der Waals surface area contributed by atoms with Gasteiger partial charge in [0.05, 0.1) is 0 Å². The molecule has 1 aliphatic heterocycles. The number of sulfonamides is 1. The molecular formula is C17H26ClN3O2S. The number of fused-ring (bicyclic) bond motifs is 1. The van der Waals surface area contributed by atoms with E-state index >= 15 is 0 Å². The molecular weight excluding hydrogens is 346 g/mol. The zero-order chi connectivity index (χ0) is 16.8. The lowest BCUT2D eigenvalue weighted by molar-refractivity contribution is 0.251. The summed E-state index contributed by atoms with van der Waals surface area (Å²) in [5.41, 5.74) is 7.71. The Morgan fingerprint density at radius 2 is 1.79 bits per heavy atom. The van der Waals surface area contributed by atoms with Crippen molar-refractivity contribution in [1.29, 1.82) is 0 Å². The zero-order valence-corrected chi connectivity index (χ0v) is 16.0. The van der Waals surface area contributed by atoms with E-state index in [0.717, 1.165) is 29.4 Å². The number of benzene rings is 1. The average molecular weight is 372 g/mol. The maximum atomic E-state index is 13.2. The van der Waals surface area contributed by atoms with Gasteiger partial charge in [-0.05, 0) is 38.7 Å². The Morgan fingerprint density at radius 3 is 2.38 bits per heavy atom. The quantitative estimate of drug-likeness (QED) is 0.901. The van der Waals surface area contributed by atoms with E-state index in [9.17, 15) is 8.42 Å². The standard InChI is InChI=1S/C17H25N3O2S.ClH/c1-12(18)14-8-10-20(11-9-14)23(21,22)17-13(2)19(3)16-7-5-4-6-15(16)17;/h4-7,12,14H,8-11,18H2,1-3H3;1H. The molecule has 1 aromatic heterocycles. The maximum Gasteiger partial charge on any atom is 0.245 e. The van der Waals surface area contributed by atoms with Crippen LogP contribution >= 0.6 is 12.4 Å². The van der Waals surface area contributed by atoms with Gasteiger partial charge in [0.2, 0.25) is 10.0 Å². The summed E-state index contributed by atoms with van der Waals surface area (Å²) in [5, 5.41) is 0.807. The molecule has 1 atom stereocenters. The summed E-state index contributed by atoms with van der Waals surface area (Å²) in [6.07, 6.45) is 1.67. The topological polar surface area (TPSA) is 68.3 Å². The van der Waals surface area contributed by atoms with E-state index in [1.165, 1.54) is 0 Å². The largest absolute Gasteiger partial charge is 0.347 e. The summed E-state index contributed by atoms with van der Waals surface area (Å²) in [6, 6.07) is 7.81. The fraction of sp³-hybridized carbons (Fsp3) is 0.529. The summed E-state index contributed by atoms with van der Waals surface area (Å²) in [6.45, 7) is 4.99. The molecule has 0 bridgehead atoms. The smallest absolute Gasteiger partial charge is 0.245 e. The molecule has 0 spiro atoms. The fourth-order valence-corrected chi connectivity index (χ4v) is 5.49. The first-order valence-electron chi connectivity index (χ1n) is 8.13. The van der Waals surface area contributed by atoms with E-state index in [1.807, 2.05) is 49.7 Å². The summed E-state index contributed by atoms with van der Waals surface area (Å²) >= 11 is 0. The zero-order valence-electron chi connectivity index (χ0n) is 14.4. The van der Waals surface area contributed by atoms with Crippen molar-refractivity contribution in [1.82, 2.24) is 8.87 Å². The van der Waals surface area contributed by atoms with E-state index in [4.69, 9.17) is 5.73 Å². The van der Waals surface area contributed by atoms with Crippen LogP contribution in [-0.2, 0) is 17.1 Å². The first-order chi connectivity index (χ1) is 10.8. The van der Waals surface area contributed by atoms with Gasteiger partial charge in [-0.15, -0.1) is 12.4 Å². The number of hydrogen-bond acceptors (Lipinski definition) is 3. The number of hydrogen-bond donors (Lipinski definition) is 1. The number of rotatable bonds is 3. The van der Waals surface area contributed by atoms with Crippen LogP contribution in [0.4, 0.5) is 0 Å². The van der Waals surface area contributed by atoms with Crippen molar-refractivity contribution in [3.63, 3.8) is 0 Å². The van der Waals surface area contributed by atoms with Gasteiger partial charge in [0, 0.05) is 42.8 Å². The van der Waals surface area contributed by atoms with Gasteiger partial charge in [0.15, 0.2) is 0 Å². The third kappa shape index (κ3) is 3.08. The van der Waals surface area contributed by atoms with Crippen molar-refractivity contribution in [3.8, 4) is 0 Å². The predicted octanol–water partition coefficient (Wildman–Crippen LogP) is 2.66. The van der Waals surface area contributed by atoms with Crippen LogP contribution in [0.25, 0.3) is 10.9 Å². The molecule has 1 aromatic carbocycles. The second-order valence-electron chi connectivity index (χ2n) is 6.59. The average Bonchev–Trinajstić information content (AvgIpc) is 2.80. The minimum absolute atomic E-state index is 0. The minimum atomic E-state index is -3.48. The Kier molecular flexibility index (Phi) is 5.64. The van der Waals surface area contributed by atoms with Crippen LogP contribution < -0.4 is 5.73 Å². The van der Waals surface area contributed by atoms with Crippen LogP contribution in [0.3, 0.4) is 0 Å². The second kappa shape index (κ2) is 7.04. The van der Waals surface area contributed by atoms with E-state index in [2.05, 4.69) is 0 Å². The predicted molar refractivity (Wildman–Crippen MR) is 100 cm³/mol. The van der Waals surface area contributed by atoms with Gasteiger partial charge >= 0.3 is 0 Å². The first kappa shape index (κ1) is 19.2. The SMILES string of the molecule is Cc1c(S(=O)(=O)N2CCC(C(C)N)CC2)c2ccccc2n1C.Cl. The lowest BCUT2D eigenvalue weighted by Crippen LogP contribution is -2.42. The van der Waals surface area contributed by atoms with Crippen molar-refractivity contribution in [2.45, 2.75) is 37.6 Å². The van der Waals surface area contributed by atoms with Gasteiger partial charge < -0.3 is 10.3 Å². The fourth-order valence-electron chi connectivity index (χ4n) is 3.58. The van der Waals surface area contributed by atoms with Crippen molar-refractivity contribution in [2.24, 2.45) is 18.7 Å². The minimum Gasteiger partial charge on any atom is -0.347 e. The van der Waals surface area contributed by atoms with Gasteiger partial charge in [0.1, 0.15) is 4.90 Å². The van der Waals surface area contributed by atoms with E-state index in [1.54, 1.807) is 4.31 Å². The number of aryl methyl sites for hydroxylation is 1. The molecule has 3 rings (SSSR count). The molecule has 0 radical (unpaired) electrons. The molecule has 0 amide bonds. The van der Waals surface area contributed by atoms with Crippen molar-refractivity contribution in [3.05, 3.63) is 30.0 Å². The number of nitrogens with zero attached hydrogens (tertiary/aromatic N) is 2. The Bertz CT molecular complexity index is 822. The summed E-state index contributed by atoms with van der Waals surface area (Å²) < 4.78 is 30.0. The third-order valence-corrected chi connectivity index (χ3v) is 7.26. The lowest BCUT2D eigenvalue weighted by atomic mass is 9.92. The molecule has 0 aliphatic carbocycles. The summed E-state index contributed by atoms with van der Waals surface area (Å²) in [5.74, 6) is 0.412. The molecule has 1 aliphatic rings. The Labute approximate surface area is 150 Å². The highest BCUT2D eigenvalue weighted by atomic mass is 35.5.